The lowest BCUT2D eigenvalue weighted by Gasteiger charge is -2.27. The van der Waals surface area contributed by atoms with Gasteiger partial charge in [0.1, 0.15) is 5.75 Å². The number of fused-ring (bicyclic) bond motifs is 3. The first kappa shape index (κ1) is 13.4. The number of benzene rings is 2. The van der Waals surface area contributed by atoms with Gasteiger partial charge in [0.15, 0.2) is 0 Å². The van der Waals surface area contributed by atoms with Crippen molar-refractivity contribution in [3.8, 4) is 11.8 Å². The van der Waals surface area contributed by atoms with Crippen LogP contribution in [0.2, 0.25) is 0 Å². The van der Waals surface area contributed by atoms with E-state index in [1.54, 1.807) is 0 Å². The molecule has 3 nitrogen and oxygen atoms in total. The molecule has 4 rings (SSSR count). The molecule has 22 heavy (non-hydrogen) atoms. The number of hydrogen-bond acceptors (Lipinski definition) is 3. The van der Waals surface area contributed by atoms with Crippen molar-refractivity contribution in [3.63, 3.8) is 0 Å². The van der Waals surface area contributed by atoms with Gasteiger partial charge in [0, 0.05) is 31.5 Å². The Morgan fingerprint density at radius 1 is 1.14 bits per heavy atom. The molecule has 2 aromatic carbocycles. The first-order valence-corrected chi connectivity index (χ1v) is 7.76. The number of nitrogens with zero attached hydrogens (tertiary/aromatic N) is 2. The van der Waals surface area contributed by atoms with E-state index in [0.29, 0.717) is 17.4 Å². The van der Waals surface area contributed by atoms with E-state index in [1.807, 2.05) is 12.1 Å². The second kappa shape index (κ2) is 5.47. The highest BCUT2D eigenvalue weighted by Crippen LogP contribution is 2.42. The Morgan fingerprint density at radius 3 is 2.82 bits per heavy atom. The first-order chi connectivity index (χ1) is 10.8. The van der Waals surface area contributed by atoms with Crippen LogP contribution >= 0.6 is 0 Å². The van der Waals surface area contributed by atoms with Crippen molar-refractivity contribution in [1.82, 2.24) is 4.90 Å². The summed E-state index contributed by atoms with van der Waals surface area (Å²) in [4.78, 5) is 2.52. The smallest absolute Gasteiger partial charge is 0.124 e. The van der Waals surface area contributed by atoms with Gasteiger partial charge in [-0.05, 0) is 23.3 Å². The first-order valence-electron chi connectivity index (χ1n) is 7.76. The van der Waals surface area contributed by atoms with Gasteiger partial charge in [-0.1, -0.05) is 36.4 Å². The molecule has 0 aromatic heterocycles. The van der Waals surface area contributed by atoms with Gasteiger partial charge in [0.05, 0.1) is 18.2 Å². The maximum atomic E-state index is 9.02. The molecule has 2 aliphatic rings. The minimum atomic E-state index is 0.528. The SMILES string of the molecule is N#Cc1ccc2c(c1)OC[C@@H]1CN(Cc3ccccc3)C[C@@H]21. The molecule has 3 heteroatoms. The van der Waals surface area contributed by atoms with Crippen LogP contribution in [0.25, 0.3) is 0 Å². The topological polar surface area (TPSA) is 36.3 Å². The van der Waals surface area contributed by atoms with E-state index in [2.05, 4.69) is 47.4 Å². The van der Waals surface area contributed by atoms with E-state index in [1.165, 1.54) is 11.1 Å². The fraction of sp³-hybridized carbons (Fsp3) is 0.316. The van der Waals surface area contributed by atoms with Gasteiger partial charge >= 0.3 is 0 Å². The Morgan fingerprint density at radius 2 is 2.00 bits per heavy atom. The Kier molecular flexibility index (Phi) is 3.32. The zero-order chi connectivity index (χ0) is 14.9. The number of hydrogen-bond donors (Lipinski definition) is 0. The monoisotopic (exact) mass is 290 g/mol. The minimum absolute atomic E-state index is 0.528. The third kappa shape index (κ3) is 2.36. The molecule has 0 aliphatic carbocycles. The molecule has 2 heterocycles. The molecule has 2 atom stereocenters. The zero-order valence-corrected chi connectivity index (χ0v) is 12.4. The molecule has 0 amide bonds. The summed E-state index contributed by atoms with van der Waals surface area (Å²) in [5.74, 6) is 1.99. The number of likely N-dealkylation sites (tertiary alicyclic amines) is 1. The molecular formula is C19H18N2O. The van der Waals surface area contributed by atoms with Crippen molar-refractivity contribution in [3.05, 3.63) is 65.2 Å². The summed E-state index contributed by atoms with van der Waals surface area (Å²) < 4.78 is 5.90. The van der Waals surface area contributed by atoms with Crippen molar-refractivity contribution >= 4 is 0 Å². The van der Waals surface area contributed by atoms with E-state index in [0.717, 1.165) is 32.0 Å². The van der Waals surface area contributed by atoms with Crippen LogP contribution in [0.5, 0.6) is 5.75 Å². The Balaban J connectivity index is 1.54. The maximum absolute atomic E-state index is 9.02. The number of nitriles is 1. The minimum Gasteiger partial charge on any atom is -0.493 e. The van der Waals surface area contributed by atoms with Gasteiger partial charge in [-0.3, -0.25) is 4.90 Å². The van der Waals surface area contributed by atoms with Gasteiger partial charge in [-0.15, -0.1) is 0 Å². The molecule has 0 radical (unpaired) electrons. The largest absolute Gasteiger partial charge is 0.493 e. The normalized spacial score (nSPS) is 23.2. The van der Waals surface area contributed by atoms with Gasteiger partial charge in [0.25, 0.3) is 0 Å². The highest BCUT2D eigenvalue weighted by atomic mass is 16.5. The maximum Gasteiger partial charge on any atom is 0.124 e. The summed E-state index contributed by atoms with van der Waals surface area (Å²) in [6, 6.07) is 18.7. The summed E-state index contributed by atoms with van der Waals surface area (Å²) in [7, 11) is 0. The Hall–Kier alpha value is -2.31. The molecule has 0 spiro atoms. The Labute approximate surface area is 130 Å². The molecule has 1 saturated heterocycles. The van der Waals surface area contributed by atoms with Gasteiger partial charge in [-0.25, -0.2) is 0 Å². The molecule has 110 valence electrons. The average molecular weight is 290 g/mol. The van der Waals surface area contributed by atoms with E-state index in [9.17, 15) is 0 Å². The summed E-state index contributed by atoms with van der Waals surface area (Å²) in [5, 5.41) is 9.02. The molecule has 0 N–H and O–H groups in total. The lowest BCUT2D eigenvalue weighted by Crippen LogP contribution is -2.25. The fourth-order valence-corrected chi connectivity index (χ4v) is 3.68. The highest BCUT2D eigenvalue weighted by molar-refractivity contribution is 5.46. The third-order valence-electron chi connectivity index (χ3n) is 4.76. The van der Waals surface area contributed by atoms with Crippen LogP contribution in [0.1, 0.15) is 22.6 Å². The van der Waals surface area contributed by atoms with Crippen molar-refractivity contribution in [2.45, 2.75) is 12.5 Å². The summed E-state index contributed by atoms with van der Waals surface area (Å²) >= 11 is 0. The molecule has 1 fully saturated rings. The molecule has 0 bridgehead atoms. The highest BCUT2D eigenvalue weighted by Gasteiger charge is 2.38. The average Bonchev–Trinajstić information content (AvgIpc) is 2.98. The quantitative estimate of drug-likeness (QED) is 0.852. The number of rotatable bonds is 2. The number of ether oxygens (including phenoxy) is 1. The van der Waals surface area contributed by atoms with Crippen LogP contribution in [-0.4, -0.2) is 24.6 Å². The third-order valence-corrected chi connectivity index (χ3v) is 4.76. The van der Waals surface area contributed by atoms with Crippen LogP contribution < -0.4 is 4.74 Å². The van der Waals surface area contributed by atoms with Crippen LogP contribution in [0.4, 0.5) is 0 Å². The second-order valence-electron chi connectivity index (χ2n) is 6.22. The fourth-order valence-electron chi connectivity index (χ4n) is 3.68. The molecule has 2 aromatic rings. The zero-order valence-electron chi connectivity index (χ0n) is 12.4. The predicted molar refractivity (Wildman–Crippen MR) is 84.6 cm³/mol. The molecular weight excluding hydrogens is 272 g/mol. The van der Waals surface area contributed by atoms with Gasteiger partial charge in [-0.2, -0.15) is 5.26 Å². The van der Waals surface area contributed by atoms with Gasteiger partial charge < -0.3 is 4.74 Å². The van der Waals surface area contributed by atoms with Crippen molar-refractivity contribution in [2.75, 3.05) is 19.7 Å². The van der Waals surface area contributed by atoms with E-state index in [-0.39, 0.29) is 0 Å². The van der Waals surface area contributed by atoms with Crippen molar-refractivity contribution in [2.24, 2.45) is 5.92 Å². The van der Waals surface area contributed by atoms with Crippen LogP contribution in [-0.2, 0) is 6.54 Å². The second-order valence-corrected chi connectivity index (χ2v) is 6.22. The van der Waals surface area contributed by atoms with E-state index < -0.39 is 0 Å². The van der Waals surface area contributed by atoms with Gasteiger partial charge in [0.2, 0.25) is 0 Å². The van der Waals surface area contributed by atoms with Crippen LogP contribution in [0.3, 0.4) is 0 Å². The lowest BCUT2D eigenvalue weighted by molar-refractivity contribution is 0.212. The summed E-state index contributed by atoms with van der Waals surface area (Å²) in [6.07, 6.45) is 0. The van der Waals surface area contributed by atoms with Crippen molar-refractivity contribution in [1.29, 1.82) is 5.26 Å². The lowest BCUT2D eigenvalue weighted by atomic mass is 9.86. The molecule has 0 saturated carbocycles. The molecule has 2 aliphatic heterocycles. The van der Waals surface area contributed by atoms with Crippen LogP contribution in [0, 0.1) is 17.2 Å². The van der Waals surface area contributed by atoms with Crippen molar-refractivity contribution < 1.29 is 4.74 Å². The summed E-state index contributed by atoms with van der Waals surface area (Å²) in [6.45, 7) is 3.91. The predicted octanol–water partition coefficient (Wildman–Crippen LogP) is 3.17. The molecule has 0 unspecified atom stereocenters. The van der Waals surface area contributed by atoms with E-state index in [4.69, 9.17) is 10.00 Å². The van der Waals surface area contributed by atoms with Crippen LogP contribution in [0.15, 0.2) is 48.5 Å². The Bertz CT molecular complexity index is 720. The standard InChI is InChI=1S/C19H18N2O/c20-9-15-6-7-17-18-12-21(10-14-4-2-1-3-5-14)11-16(18)13-22-19(17)8-15/h1-8,16,18H,10-13H2/t16-,18+/m0/s1. The van der Waals surface area contributed by atoms with E-state index >= 15 is 0 Å². The summed E-state index contributed by atoms with van der Waals surface area (Å²) in [5.41, 5.74) is 3.31.